The van der Waals surface area contributed by atoms with E-state index in [1.165, 1.54) is 18.2 Å². The summed E-state index contributed by atoms with van der Waals surface area (Å²) in [5.74, 6) is -0.367. The van der Waals surface area contributed by atoms with E-state index in [0.29, 0.717) is 45.4 Å². The second kappa shape index (κ2) is 11.0. The lowest BCUT2D eigenvalue weighted by atomic mass is 9.78. The van der Waals surface area contributed by atoms with Gasteiger partial charge >= 0.3 is 0 Å². The zero-order chi connectivity index (χ0) is 28.7. The Balaban J connectivity index is 1.56. The first-order valence-electron chi connectivity index (χ1n) is 13.1. The fourth-order valence-corrected chi connectivity index (χ4v) is 5.98. The minimum Gasteiger partial charge on any atom is -0.497 e. The van der Waals surface area contributed by atoms with E-state index in [9.17, 15) is 14.0 Å². The molecule has 1 aliphatic heterocycles. The number of ether oxygens (including phenoxy) is 1. The summed E-state index contributed by atoms with van der Waals surface area (Å²) in [6, 6.07) is 25.2. The fraction of sp³-hybridized carbons (Fsp3) is 0.152. The number of nitrogens with zero attached hydrogens (tertiary/aromatic N) is 1. The number of nitrogens with one attached hydrogen (secondary N) is 1. The number of hydrogen-bond acceptors (Lipinski definition) is 4. The highest BCUT2D eigenvalue weighted by Crippen LogP contribution is 2.48. The molecule has 206 valence electrons. The van der Waals surface area contributed by atoms with Gasteiger partial charge in [0.15, 0.2) is 5.78 Å². The number of hydrogen-bond donors (Lipinski definition) is 1. The predicted octanol–water partition coefficient (Wildman–Crippen LogP) is 8.36. The van der Waals surface area contributed by atoms with Gasteiger partial charge in [-0.1, -0.05) is 59.6 Å². The minimum absolute atomic E-state index is 0.117. The summed E-state index contributed by atoms with van der Waals surface area (Å²) >= 11 is 12.5. The van der Waals surface area contributed by atoms with Crippen LogP contribution in [0.3, 0.4) is 0 Å². The normalized spacial score (nSPS) is 18.2. The lowest BCUT2D eigenvalue weighted by molar-refractivity contribution is -0.116. The molecular weight excluding hydrogens is 562 g/mol. The molecule has 0 saturated heterocycles. The number of allylic oxidation sites excluding steroid dienone is 1. The van der Waals surface area contributed by atoms with E-state index in [1.54, 1.807) is 30.2 Å². The number of benzene rings is 4. The summed E-state index contributed by atoms with van der Waals surface area (Å²) in [6.45, 7) is 0. The molecule has 2 unspecified atom stereocenters. The van der Waals surface area contributed by atoms with Gasteiger partial charge in [-0.15, -0.1) is 0 Å². The average Bonchev–Trinajstić information content (AvgIpc) is 3.13. The largest absolute Gasteiger partial charge is 0.497 e. The van der Waals surface area contributed by atoms with Crippen LogP contribution >= 0.6 is 23.2 Å². The molecule has 1 aliphatic carbocycles. The molecule has 4 aromatic rings. The summed E-state index contributed by atoms with van der Waals surface area (Å²) in [7, 11) is 1.58. The molecule has 0 saturated carbocycles. The minimum atomic E-state index is -0.755. The zero-order valence-electron chi connectivity index (χ0n) is 22.0. The fourth-order valence-electron chi connectivity index (χ4n) is 5.68. The average molecular weight is 587 g/mol. The van der Waals surface area contributed by atoms with Crippen LogP contribution < -0.4 is 15.0 Å². The molecular formula is C33H25Cl2FN2O3. The Hall–Kier alpha value is -4.13. The smallest absolute Gasteiger partial charge is 0.259 e. The number of carbonyl (C=O) groups excluding carboxylic acids is 2. The van der Waals surface area contributed by atoms with Gasteiger partial charge in [-0.3, -0.25) is 14.5 Å². The van der Waals surface area contributed by atoms with Crippen LogP contribution in [0.1, 0.15) is 46.3 Å². The van der Waals surface area contributed by atoms with E-state index in [4.69, 9.17) is 27.9 Å². The first kappa shape index (κ1) is 27.1. The van der Waals surface area contributed by atoms with Crippen LogP contribution in [0.15, 0.2) is 102 Å². The van der Waals surface area contributed by atoms with Gasteiger partial charge in [-0.2, -0.15) is 0 Å². The number of rotatable bonds is 4. The van der Waals surface area contributed by atoms with Crippen molar-refractivity contribution in [1.82, 2.24) is 0 Å². The molecule has 1 N–H and O–H groups in total. The molecule has 1 amide bonds. The van der Waals surface area contributed by atoms with E-state index >= 15 is 0 Å². The number of amides is 1. The number of para-hydroxylation sites is 2. The molecule has 4 aromatic carbocycles. The molecule has 1 heterocycles. The predicted molar refractivity (Wildman–Crippen MR) is 159 cm³/mol. The third-order valence-electron chi connectivity index (χ3n) is 7.63. The summed E-state index contributed by atoms with van der Waals surface area (Å²) in [5.41, 5.74) is 4.31. The van der Waals surface area contributed by atoms with Crippen molar-refractivity contribution in [2.24, 2.45) is 0 Å². The van der Waals surface area contributed by atoms with Crippen molar-refractivity contribution in [3.05, 3.63) is 135 Å². The number of Topliss-reactive ketones (excluding diaryl/α,β-unsaturated/α-hetero) is 1. The van der Waals surface area contributed by atoms with Crippen molar-refractivity contribution < 1.29 is 18.7 Å². The molecule has 0 aromatic heterocycles. The van der Waals surface area contributed by atoms with Crippen LogP contribution in [0, 0.1) is 5.82 Å². The van der Waals surface area contributed by atoms with E-state index < -0.39 is 6.04 Å². The monoisotopic (exact) mass is 586 g/mol. The maximum Gasteiger partial charge on any atom is 0.259 e. The second-order valence-corrected chi connectivity index (χ2v) is 10.9. The molecule has 0 radical (unpaired) electrons. The van der Waals surface area contributed by atoms with Crippen molar-refractivity contribution in [3.63, 3.8) is 0 Å². The summed E-state index contributed by atoms with van der Waals surface area (Å²) < 4.78 is 19.5. The van der Waals surface area contributed by atoms with Crippen LogP contribution in [0.5, 0.6) is 5.75 Å². The summed E-state index contributed by atoms with van der Waals surface area (Å²) in [6.07, 6.45) is 0.655. The Morgan fingerprint density at radius 3 is 2.41 bits per heavy atom. The molecule has 6 rings (SSSR count). The summed E-state index contributed by atoms with van der Waals surface area (Å²) in [5, 5.41) is 4.08. The van der Waals surface area contributed by atoms with Crippen LogP contribution in [0.25, 0.3) is 0 Å². The Morgan fingerprint density at radius 2 is 1.68 bits per heavy atom. The number of carbonyl (C=O) groups is 2. The lowest BCUT2D eigenvalue weighted by Gasteiger charge is -2.35. The van der Waals surface area contributed by atoms with Gasteiger partial charge in [-0.25, -0.2) is 4.39 Å². The molecule has 8 heteroatoms. The highest BCUT2D eigenvalue weighted by atomic mass is 35.5. The van der Waals surface area contributed by atoms with E-state index in [0.717, 1.165) is 11.1 Å². The SMILES string of the molecule is COc1ccc(C2C3=C(CC(c4cccc(F)c4)CC3=O)Nc3ccccc3N2C(=O)c2ccc(Cl)c(Cl)c2)cc1. The topological polar surface area (TPSA) is 58.6 Å². The van der Waals surface area contributed by atoms with Gasteiger partial charge in [-0.05, 0) is 78.1 Å². The van der Waals surface area contributed by atoms with Gasteiger partial charge in [0, 0.05) is 23.3 Å². The van der Waals surface area contributed by atoms with E-state index in [-0.39, 0.29) is 34.9 Å². The quantitative estimate of drug-likeness (QED) is 0.261. The van der Waals surface area contributed by atoms with Gasteiger partial charge in [0.05, 0.1) is 34.6 Å². The van der Waals surface area contributed by atoms with Crippen LogP contribution in [0.4, 0.5) is 15.8 Å². The number of fused-ring (bicyclic) bond motifs is 1. The number of ketones is 1. The van der Waals surface area contributed by atoms with Gasteiger partial charge in [0.2, 0.25) is 0 Å². The first-order valence-corrected chi connectivity index (χ1v) is 13.9. The zero-order valence-corrected chi connectivity index (χ0v) is 23.5. The molecule has 2 atom stereocenters. The van der Waals surface area contributed by atoms with Crippen molar-refractivity contribution in [3.8, 4) is 5.75 Å². The Bertz CT molecular complexity index is 1700. The van der Waals surface area contributed by atoms with Gasteiger partial charge < -0.3 is 10.1 Å². The lowest BCUT2D eigenvalue weighted by Crippen LogP contribution is -2.38. The third kappa shape index (κ3) is 5.09. The summed E-state index contributed by atoms with van der Waals surface area (Å²) in [4.78, 5) is 30.2. The van der Waals surface area contributed by atoms with Crippen molar-refractivity contribution in [2.75, 3.05) is 17.3 Å². The highest BCUT2D eigenvalue weighted by molar-refractivity contribution is 6.42. The second-order valence-electron chi connectivity index (χ2n) is 10.1. The van der Waals surface area contributed by atoms with Crippen LogP contribution in [-0.2, 0) is 4.79 Å². The molecule has 0 bridgehead atoms. The number of anilines is 2. The number of methoxy groups -OCH3 is 1. The van der Waals surface area contributed by atoms with E-state index in [1.807, 2.05) is 54.6 Å². The Kier molecular flexibility index (Phi) is 7.28. The highest BCUT2D eigenvalue weighted by Gasteiger charge is 2.42. The Morgan fingerprint density at radius 1 is 0.902 bits per heavy atom. The molecule has 0 fully saturated rings. The Labute approximate surface area is 247 Å². The van der Waals surface area contributed by atoms with Gasteiger partial charge in [0.1, 0.15) is 11.6 Å². The maximum atomic E-state index is 14.4. The molecule has 0 spiro atoms. The molecule has 2 aliphatic rings. The molecule has 41 heavy (non-hydrogen) atoms. The van der Waals surface area contributed by atoms with Crippen LogP contribution in [-0.4, -0.2) is 18.8 Å². The van der Waals surface area contributed by atoms with Crippen LogP contribution in [0.2, 0.25) is 10.0 Å². The van der Waals surface area contributed by atoms with Crippen molar-refractivity contribution in [2.45, 2.75) is 24.8 Å². The van der Waals surface area contributed by atoms with Crippen molar-refractivity contribution in [1.29, 1.82) is 0 Å². The van der Waals surface area contributed by atoms with Crippen molar-refractivity contribution >= 4 is 46.3 Å². The number of halogens is 3. The first-order chi connectivity index (χ1) is 19.8. The third-order valence-corrected chi connectivity index (χ3v) is 8.36. The van der Waals surface area contributed by atoms with E-state index in [2.05, 4.69) is 5.32 Å². The maximum absolute atomic E-state index is 14.4. The standard InChI is InChI=1S/C33H25Cl2FN2O3/c1-41-24-12-9-19(10-13-24)32-31-28(17-22(18-30(31)39)20-5-4-6-23(36)15-20)37-27-7-2-3-8-29(27)38(32)33(40)21-11-14-25(34)26(35)16-21/h2-16,22,32,37H,17-18H2,1H3. The van der Waals surface area contributed by atoms with Gasteiger partial charge in [0.25, 0.3) is 5.91 Å². The molecule has 5 nitrogen and oxygen atoms in total.